The largest absolute Gasteiger partial charge is 0.491 e. The number of aromatic nitrogens is 2. The number of fused-ring (bicyclic) bond motifs is 1. The monoisotopic (exact) mass is 381 g/mol. The molecule has 142 valence electrons. The van der Waals surface area contributed by atoms with Gasteiger partial charge in [0.2, 0.25) is 0 Å². The van der Waals surface area contributed by atoms with E-state index < -0.39 is 23.7 Å². The molecular formula is C18H15F4N3O2. The molecule has 1 unspecified atom stereocenters. The van der Waals surface area contributed by atoms with Gasteiger partial charge in [-0.25, -0.2) is 14.4 Å². The quantitative estimate of drug-likeness (QED) is 0.638. The minimum absolute atomic E-state index is 0.00145. The third kappa shape index (κ3) is 4.82. The third-order valence-corrected chi connectivity index (χ3v) is 3.71. The summed E-state index contributed by atoms with van der Waals surface area (Å²) in [6.45, 7) is -0.229. The summed E-state index contributed by atoms with van der Waals surface area (Å²) in [6, 6.07) is 8.44. The fraction of sp³-hybridized carbons (Fsp3) is 0.222. The Kier molecular flexibility index (Phi) is 5.41. The predicted octanol–water partition coefficient (Wildman–Crippen LogP) is 3.64. The summed E-state index contributed by atoms with van der Waals surface area (Å²) in [5, 5.41) is 13.3. The highest BCUT2D eigenvalue weighted by atomic mass is 19.4. The first-order chi connectivity index (χ1) is 12.8. The normalized spacial score (nSPS) is 12.8. The lowest BCUT2D eigenvalue weighted by molar-refractivity contribution is -0.137. The molecule has 0 amide bonds. The van der Waals surface area contributed by atoms with Gasteiger partial charge < -0.3 is 15.2 Å². The molecule has 3 aromatic rings. The van der Waals surface area contributed by atoms with Gasteiger partial charge in [0, 0.05) is 11.9 Å². The molecule has 2 N–H and O–H groups in total. The maximum Gasteiger partial charge on any atom is 0.416 e. The van der Waals surface area contributed by atoms with Crippen molar-refractivity contribution in [1.82, 2.24) is 9.97 Å². The summed E-state index contributed by atoms with van der Waals surface area (Å²) in [7, 11) is 0. The number of aliphatic hydroxyl groups excluding tert-OH is 1. The molecule has 5 nitrogen and oxygen atoms in total. The van der Waals surface area contributed by atoms with E-state index >= 15 is 0 Å². The van der Waals surface area contributed by atoms with Crippen LogP contribution >= 0.6 is 0 Å². The van der Waals surface area contributed by atoms with Crippen molar-refractivity contribution >= 4 is 16.7 Å². The minimum atomic E-state index is -4.47. The summed E-state index contributed by atoms with van der Waals surface area (Å²) in [6.07, 6.45) is -4.20. The van der Waals surface area contributed by atoms with E-state index in [9.17, 15) is 22.7 Å². The molecule has 0 saturated carbocycles. The molecule has 0 spiro atoms. The first-order valence-corrected chi connectivity index (χ1v) is 7.95. The Bertz CT molecular complexity index is 934. The smallest absolute Gasteiger partial charge is 0.416 e. The van der Waals surface area contributed by atoms with Gasteiger partial charge in [0.15, 0.2) is 0 Å². The first kappa shape index (κ1) is 18.8. The second kappa shape index (κ2) is 7.75. The average Bonchev–Trinajstić information content (AvgIpc) is 2.64. The van der Waals surface area contributed by atoms with Crippen LogP contribution in [0.4, 0.5) is 23.4 Å². The lowest BCUT2D eigenvalue weighted by Crippen LogP contribution is -2.26. The number of anilines is 1. The highest BCUT2D eigenvalue weighted by Gasteiger charge is 2.30. The van der Waals surface area contributed by atoms with Crippen molar-refractivity contribution in [2.75, 3.05) is 18.5 Å². The molecule has 0 aliphatic carbocycles. The Hall–Kier alpha value is -2.94. The van der Waals surface area contributed by atoms with Crippen molar-refractivity contribution in [3.8, 4) is 5.75 Å². The van der Waals surface area contributed by atoms with Crippen LogP contribution in [0, 0.1) is 5.82 Å². The zero-order valence-electron chi connectivity index (χ0n) is 13.9. The average molecular weight is 381 g/mol. The summed E-state index contributed by atoms with van der Waals surface area (Å²) < 4.78 is 56.7. The Morgan fingerprint density at radius 1 is 1.11 bits per heavy atom. The molecule has 0 bridgehead atoms. The Balaban J connectivity index is 1.59. The van der Waals surface area contributed by atoms with E-state index in [1.165, 1.54) is 36.7 Å². The number of hydrogen-bond donors (Lipinski definition) is 2. The number of nitrogens with one attached hydrogen (secondary N) is 1. The van der Waals surface area contributed by atoms with Crippen molar-refractivity contribution in [2.24, 2.45) is 0 Å². The summed E-state index contributed by atoms with van der Waals surface area (Å²) >= 11 is 0. The number of ether oxygens (including phenoxy) is 1. The molecule has 0 aliphatic rings. The van der Waals surface area contributed by atoms with Gasteiger partial charge in [-0.3, -0.25) is 0 Å². The van der Waals surface area contributed by atoms with Crippen LogP contribution in [0.25, 0.3) is 10.9 Å². The highest BCUT2D eigenvalue weighted by molar-refractivity contribution is 5.88. The lowest BCUT2D eigenvalue weighted by atomic mass is 10.2. The molecule has 0 saturated heterocycles. The van der Waals surface area contributed by atoms with E-state index in [1.54, 1.807) is 0 Å². The number of rotatable bonds is 6. The molecule has 1 aromatic heterocycles. The fourth-order valence-corrected chi connectivity index (χ4v) is 2.40. The van der Waals surface area contributed by atoms with Crippen molar-refractivity contribution in [2.45, 2.75) is 12.3 Å². The zero-order valence-corrected chi connectivity index (χ0v) is 13.9. The predicted molar refractivity (Wildman–Crippen MR) is 90.9 cm³/mol. The van der Waals surface area contributed by atoms with E-state index in [0.29, 0.717) is 16.7 Å². The topological polar surface area (TPSA) is 67.3 Å². The summed E-state index contributed by atoms with van der Waals surface area (Å²) in [5.41, 5.74) is -0.300. The summed E-state index contributed by atoms with van der Waals surface area (Å²) in [5.74, 6) is -0.121. The highest BCUT2D eigenvalue weighted by Crippen LogP contribution is 2.31. The van der Waals surface area contributed by atoms with E-state index in [-0.39, 0.29) is 18.9 Å². The SMILES string of the molecule is OC(CNc1ncnc2ccc(F)cc12)COc1cccc(C(F)(F)F)c1. The molecule has 9 heteroatoms. The van der Waals surface area contributed by atoms with E-state index in [4.69, 9.17) is 4.74 Å². The number of benzene rings is 2. The van der Waals surface area contributed by atoms with Crippen LogP contribution in [-0.2, 0) is 6.18 Å². The van der Waals surface area contributed by atoms with Gasteiger partial charge in [0.1, 0.15) is 36.4 Å². The van der Waals surface area contributed by atoms with E-state index in [0.717, 1.165) is 12.1 Å². The van der Waals surface area contributed by atoms with Crippen LogP contribution in [0.1, 0.15) is 5.56 Å². The van der Waals surface area contributed by atoms with Crippen molar-refractivity contribution in [3.05, 3.63) is 60.2 Å². The fourth-order valence-electron chi connectivity index (χ4n) is 2.40. The Morgan fingerprint density at radius 3 is 2.70 bits per heavy atom. The van der Waals surface area contributed by atoms with Crippen LogP contribution in [0.5, 0.6) is 5.75 Å². The minimum Gasteiger partial charge on any atom is -0.491 e. The van der Waals surface area contributed by atoms with Gasteiger partial charge in [-0.2, -0.15) is 13.2 Å². The maximum absolute atomic E-state index is 13.4. The van der Waals surface area contributed by atoms with Gasteiger partial charge in [-0.1, -0.05) is 6.07 Å². The second-order valence-electron chi connectivity index (χ2n) is 5.76. The van der Waals surface area contributed by atoms with Gasteiger partial charge in [-0.05, 0) is 36.4 Å². The molecule has 3 rings (SSSR count). The van der Waals surface area contributed by atoms with E-state index in [1.807, 2.05) is 0 Å². The molecule has 1 heterocycles. The van der Waals surface area contributed by atoms with Gasteiger partial charge in [0.05, 0.1) is 11.1 Å². The molecule has 27 heavy (non-hydrogen) atoms. The molecule has 1 atom stereocenters. The zero-order chi connectivity index (χ0) is 19.4. The third-order valence-electron chi connectivity index (χ3n) is 3.71. The standard InChI is InChI=1S/C18H15F4N3O2/c19-12-4-5-16-15(7-12)17(25-10-24-16)23-8-13(26)9-27-14-3-1-2-11(6-14)18(20,21)22/h1-7,10,13,26H,8-9H2,(H,23,24,25). The molecule has 0 radical (unpaired) electrons. The first-order valence-electron chi connectivity index (χ1n) is 7.95. The Labute approximate surface area is 151 Å². The number of aliphatic hydroxyl groups is 1. The van der Waals surface area contributed by atoms with Crippen molar-refractivity contribution in [3.63, 3.8) is 0 Å². The Morgan fingerprint density at radius 2 is 1.93 bits per heavy atom. The van der Waals surface area contributed by atoms with Crippen LogP contribution < -0.4 is 10.1 Å². The maximum atomic E-state index is 13.4. The van der Waals surface area contributed by atoms with Crippen molar-refractivity contribution in [1.29, 1.82) is 0 Å². The molecule has 2 aromatic carbocycles. The van der Waals surface area contributed by atoms with Crippen molar-refractivity contribution < 1.29 is 27.4 Å². The molecule has 0 fully saturated rings. The molecule has 0 aliphatic heterocycles. The number of alkyl halides is 3. The van der Waals surface area contributed by atoms with Gasteiger partial charge in [-0.15, -0.1) is 0 Å². The summed E-state index contributed by atoms with van der Waals surface area (Å²) in [4.78, 5) is 8.03. The lowest BCUT2D eigenvalue weighted by Gasteiger charge is -2.15. The van der Waals surface area contributed by atoms with Crippen LogP contribution in [0.2, 0.25) is 0 Å². The van der Waals surface area contributed by atoms with Crippen LogP contribution in [0.15, 0.2) is 48.8 Å². The van der Waals surface area contributed by atoms with Gasteiger partial charge >= 0.3 is 6.18 Å². The second-order valence-corrected chi connectivity index (χ2v) is 5.76. The number of nitrogens with zero attached hydrogens (tertiary/aromatic N) is 2. The molecular weight excluding hydrogens is 366 g/mol. The number of hydrogen-bond acceptors (Lipinski definition) is 5. The van der Waals surface area contributed by atoms with Crippen LogP contribution in [0.3, 0.4) is 0 Å². The van der Waals surface area contributed by atoms with Gasteiger partial charge in [0.25, 0.3) is 0 Å². The number of halogens is 4. The van der Waals surface area contributed by atoms with E-state index in [2.05, 4.69) is 15.3 Å². The van der Waals surface area contributed by atoms with Crippen LogP contribution in [-0.4, -0.2) is 34.3 Å².